The van der Waals surface area contributed by atoms with E-state index in [1.165, 1.54) is 0 Å². The highest BCUT2D eigenvalue weighted by Crippen LogP contribution is 2.25. The molecule has 0 radical (unpaired) electrons. The fourth-order valence-corrected chi connectivity index (χ4v) is 2.57. The van der Waals surface area contributed by atoms with Gasteiger partial charge >= 0.3 is 0 Å². The molecule has 1 aromatic carbocycles. The molecule has 4 rings (SSSR count). The summed E-state index contributed by atoms with van der Waals surface area (Å²) < 4.78 is 5.72. The second kappa shape index (κ2) is 7.22. The van der Waals surface area contributed by atoms with Crippen LogP contribution in [0.25, 0.3) is 22.6 Å². The minimum Gasteiger partial charge on any atom is -0.436 e. The molecule has 0 aliphatic carbocycles. The largest absolute Gasteiger partial charge is 0.436 e. The second-order valence-corrected chi connectivity index (χ2v) is 5.75. The highest BCUT2D eigenvalue weighted by molar-refractivity contribution is 5.96. The Balaban J connectivity index is 1.52. The minimum atomic E-state index is -0.605. The summed E-state index contributed by atoms with van der Waals surface area (Å²) in [7, 11) is 0. The fraction of sp³-hybridized carbons (Fsp3) is 0.0526. The van der Waals surface area contributed by atoms with Gasteiger partial charge in [-0.1, -0.05) is 6.07 Å². The molecule has 0 saturated heterocycles. The lowest BCUT2D eigenvalue weighted by atomic mass is 10.2. The average Bonchev–Trinajstić information content (AvgIpc) is 3.16. The van der Waals surface area contributed by atoms with Crippen molar-refractivity contribution in [3.05, 3.63) is 72.2 Å². The molecule has 3 heterocycles. The maximum atomic E-state index is 11.5. The van der Waals surface area contributed by atoms with Crippen LogP contribution < -0.4 is 10.8 Å². The molecule has 134 valence electrons. The van der Waals surface area contributed by atoms with Crippen molar-refractivity contribution in [1.29, 1.82) is 0 Å². The first kappa shape index (κ1) is 16.7. The van der Waals surface area contributed by atoms with E-state index in [1.807, 2.05) is 30.3 Å². The zero-order chi connectivity index (χ0) is 18.6. The van der Waals surface area contributed by atoms with Gasteiger partial charge in [-0.25, -0.2) is 15.4 Å². The normalized spacial score (nSPS) is 10.7. The van der Waals surface area contributed by atoms with Crippen molar-refractivity contribution in [2.45, 2.75) is 6.54 Å². The Labute approximate surface area is 153 Å². The van der Waals surface area contributed by atoms with E-state index in [9.17, 15) is 4.79 Å². The van der Waals surface area contributed by atoms with E-state index in [2.05, 4.69) is 20.3 Å². The van der Waals surface area contributed by atoms with E-state index in [4.69, 9.17) is 9.62 Å². The second-order valence-electron chi connectivity index (χ2n) is 5.75. The Kier molecular flexibility index (Phi) is 4.46. The molecular formula is C19H15N5O3. The summed E-state index contributed by atoms with van der Waals surface area (Å²) in [5.41, 5.74) is 4.57. The van der Waals surface area contributed by atoms with Gasteiger partial charge in [0.1, 0.15) is 11.3 Å². The first-order valence-electron chi connectivity index (χ1n) is 8.18. The van der Waals surface area contributed by atoms with Gasteiger partial charge in [-0.3, -0.25) is 15.0 Å². The minimum absolute atomic E-state index is 0.289. The number of hydrogen-bond acceptors (Lipinski definition) is 7. The average molecular weight is 361 g/mol. The molecule has 27 heavy (non-hydrogen) atoms. The van der Waals surface area contributed by atoms with Crippen molar-refractivity contribution >= 4 is 22.8 Å². The van der Waals surface area contributed by atoms with Gasteiger partial charge in [-0.15, -0.1) is 0 Å². The standard InChI is InChI=1S/C19H15N5O3/c25-18(24-26)12-4-6-16-15(9-12)23-19(27-16)13-5-7-17(21-10-13)22-11-14-3-1-2-8-20-14/h1-10,26H,11H2,(H,21,22)(H,24,25). The van der Waals surface area contributed by atoms with Crippen LogP contribution in [-0.4, -0.2) is 26.1 Å². The third kappa shape index (κ3) is 3.60. The third-order valence-electron chi connectivity index (χ3n) is 3.94. The van der Waals surface area contributed by atoms with Crippen molar-refractivity contribution in [2.24, 2.45) is 0 Å². The van der Waals surface area contributed by atoms with E-state index in [0.717, 1.165) is 5.69 Å². The summed E-state index contributed by atoms with van der Waals surface area (Å²) in [6.45, 7) is 0.575. The Morgan fingerprint density at radius 3 is 2.78 bits per heavy atom. The number of amides is 1. The molecule has 0 fully saturated rings. The lowest BCUT2D eigenvalue weighted by Gasteiger charge is -2.05. The summed E-state index contributed by atoms with van der Waals surface area (Å²) >= 11 is 0. The number of nitrogens with one attached hydrogen (secondary N) is 2. The molecule has 0 bridgehead atoms. The number of carbonyl (C=O) groups is 1. The number of hydroxylamine groups is 1. The highest BCUT2D eigenvalue weighted by Gasteiger charge is 2.12. The molecule has 0 saturated carbocycles. The molecule has 0 unspecified atom stereocenters. The lowest BCUT2D eigenvalue weighted by Crippen LogP contribution is -2.18. The molecule has 3 aromatic heterocycles. The van der Waals surface area contributed by atoms with Crippen LogP contribution in [0.1, 0.15) is 16.1 Å². The Morgan fingerprint density at radius 2 is 2.04 bits per heavy atom. The van der Waals surface area contributed by atoms with Crippen molar-refractivity contribution in [3.8, 4) is 11.5 Å². The van der Waals surface area contributed by atoms with Gasteiger partial charge in [0.15, 0.2) is 5.58 Å². The van der Waals surface area contributed by atoms with E-state index in [1.54, 1.807) is 36.1 Å². The summed E-state index contributed by atoms with van der Waals surface area (Å²) in [6, 6.07) is 14.1. The summed E-state index contributed by atoms with van der Waals surface area (Å²) in [5, 5.41) is 11.9. The molecule has 0 aliphatic rings. The predicted molar refractivity (Wildman–Crippen MR) is 98.1 cm³/mol. The molecule has 4 aromatic rings. The fourth-order valence-electron chi connectivity index (χ4n) is 2.57. The quantitative estimate of drug-likeness (QED) is 0.370. The van der Waals surface area contributed by atoms with Gasteiger partial charge in [0, 0.05) is 18.0 Å². The molecule has 0 atom stereocenters. The summed E-state index contributed by atoms with van der Waals surface area (Å²) in [5.74, 6) is 0.504. The third-order valence-corrected chi connectivity index (χ3v) is 3.94. The van der Waals surface area contributed by atoms with Crippen LogP contribution in [-0.2, 0) is 6.54 Å². The van der Waals surface area contributed by atoms with E-state index in [0.29, 0.717) is 34.9 Å². The molecule has 8 nitrogen and oxygen atoms in total. The van der Waals surface area contributed by atoms with E-state index in [-0.39, 0.29) is 5.56 Å². The zero-order valence-corrected chi connectivity index (χ0v) is 14.1. The van der Waals surface area contributed by atoms with Crippen LogP contribution in [0.5, 0.6) is 0 Å². The van der Waals surface area contributed by atoms with E-state index < -0.39 is 5.91 Å². The molecule has 0 aliphatic heterocycles. The number of hydrogen-bond donors (Lipinski definition) is 3. The highest BCUT2D eigenvalue weighted by atomic mass is 16.5. The lowest BCUT2D eigenvalue weighted by molar-refractivity contribution is 0.0706. The van der Waals surface area contributed by atoms with Crippen LogP contribution >= 0.6 is 0 Å². The van der Waals surface area contributed by atoms with Gasteiger partial charge < -0.3 is 9.73 Å². The maximum Gasteiger partial charge on any atom is 0.274 e. The SMILES string of the molecule is O=C(NO)c1ccc2oc(-c3ccc(NCc4ccccn4)nc3)nc2c1. The van der Waals surface area contributed by atoms with Crippen molar-refractivity contribution in [1.82, 2.24) is 20.4 Å². The van der Waals surface area contributed by atoms with Crippen LogP contribution in [0, 0.1) is 0 Å². The Bertz CT molecular complexity index is 1080. The Hall–Kier alpha value is -3.78. The number of anilines is 1. The number of nitrogens with zero attached hydrogens (tertiary/aromatic N) is 3. The monoisotopic (exact) mass is 361 g/mol. The summed E-state index contributed by atoms with van der Waals surface area (Å²) in [6.07, 6.45) is 3.41. The predicted octanol–water partition coefficient (Wildman–Crippen LogP) is 3.02. The van der Waals surface area contributed by atoms with Crippen molar-refractivity contribution in [3.63, 3.8) is 0 Å². The van der Waals surface area contributed by atoms with Crippen molar-refractivity contribution < 1.29 is 14.4 Å². The zero-order valence-electron chi connectivity index (χ0n) is 14.1. The van der Waals surface area contributed by atoms with Crippen LogP contribution in [0.4, 0.5) is 5.82 Å². The van der Waals surface area contributed by atoms with Crippen molar-refractivity contribution in [2.75, 3.05) is 5.32 Å². The van der Waals surface area contributed by atoms with Gasteiger partial charge in [-0.05, 0) is 42.5 Å². The topological polar surface area (TPSA) is 113 Å². The number of aromatic nitrogens is 3. The number of carbonyl (C=O) groups excluding carboxylic acids is 1. The number of fused-ring (bicyclic) bond motifs is 1. The molecular weight excluding hydrogens is 346 g/mol. The first-order valence-corrected chi connectivity index (χ1v) is 8.18. The molecule has 0 spiro atoms. The van der Waals surface area contributed by atoms with Crippen LogP contribution in [0.3, 0.4) is 0 Å². The molecule has 1 amide bonds. The van der Waals surface area contributed by atoms with Crippen LogP contribution in [0.15, 0.2) is 65.3 Å². The van der Waals surface area contributed by atoms with E-state index >= 15 is 0 Å². The molecule has 8 heteroatoms. The number of oxazole rings is 1. The smallest absolute Gasteiger partial charge is 0.274 e. The van der Waals surface area contributed by atoms with Gasteiger partial charge in [-0.2, -0.15) is 0 Å². The maximum absolute atomic E-state index is 11.5. The van der Waals surface area contributed by atoms with Gasteiger partial charge in [0.05, 0.1) is 17.8 Å². The number of benzene rings is 1. The Morgan fingerprint density at radius 1 is 1.11 bits per heavy atom. The van der Waals surface area contributed by atoms with Crippen LogP contribution in [0.2, 0.25) is 0 Å². The van der Waals surface area contributed by atoms with Gasteiger partial charge in [0.2, 0.25) is 5.89 Å². The number of rotatable bonds is 5. The summed E-state index contributed by atoms with van der Waals surface area (Å²) in [4.78, 5) is 24.5. The molecule has 3 N–H and O–H groups in total. The first-order chi connectivity index (χ1) is 13.2. The van der Waals surface area contributed by atoms with Gasteiger partial charge in [0.25, 0.3) is 5.91 Å². The number of pyridine rings is 2.